The van der Waals surface area contributed by atoms with Gasteiger partial charge >= 0.3 is 0 Å². The molecule has 2 bridgehead atoms. The van der Waals surface area contributed by atoms with Crippen molar-refractivity contribution in [1.82, 2.24) is 4.98 Å². The zero-order valence-corrected chi connectivity index (χ0v) is 20.6. The van der Waals surface area contributed by atoms with E-state index in [4.69, 9.17) is 9.47 Å². The van der Waals surface area contributed by atoms with Gasteiger partial charge in [-0.1, -0.05) is 13.0 Å². The fraction of sp³-hybridized carbons (Fsp3) is 0.571. The van der Waals surface area contributed by atoms with Crippen LogP contribution in [0.2, 0.25) is 0 Å². The summed E-state index contributed by atoms with van der Waals surface area (Å²) in [7, 11) is 0. The summed E-state index contributed by atoms with van der Waals surface area (Å²) >= 11 is 0. The second-order valence-electron chi connectivity index (χ2n) is 10.4. The topological polar surface area (TPSA) is 66.9 Å². The van der Waals surface area contributed by atoms with Crippen LogP contribution in [0.15, 0.2) is 36.5 Å². The van der Waals surface area contributed by atoms with E-state index in [9.17, 15) is 4.79 Å². The molecule has 0 spiro atoms. The molecule has 7 rings (SSSR count). The van der Waals surface area contributed by atoms with Gasteiger partial charge in [-0.25, -0.2) is 4.98 Å². The lowest BCUT2D eigenvalue weighted by Gasteiger charge is -2.46. The molecule has 7 heteroatoms. The Hall–Kier alpha value is -2.64. The average molecular weight is 477 g/mol. The van der Waals surface area contributed by atoms with Crippen molar-refractivity contribution in [1.29, 1.82) is 0 Å². The summed E-state index contributed by atoms with van der Waals surface area (Å²) in [5.74, 6) is 1.09. The molecule has 0 radical (unpaired) electrons. The van der Waals surface area contributed by atoms with Gasteiger partial charge in [-0.05, 0) is 69.2 Å². The quantitative estimate of drug-likeness (QED) is 0.653. The first-order valence-corrected chi connectivity index (χ1v) is 13.4. The molecule has 3 saturated heterocycles. The first kappa shape index (κ1) is 22.8. The smallest absolute Gasteiger partial charge is 0.230 e. The first-order chi connectivity index (χ1) is 17.2. The third-order valence-electron chi connectivity index (χ3n) is 8.11. The molecule has 1 aliphatic carbocycles. The predicted octanol–water partition coefficient (Wildman–Crippen LogP) is 5.02. The molecule has 4 aliphatic heterocycles. The highest BCUT2D eigenvalue weighted by molar-refractivity contribution is 6.00. The van der Waals surface area contributed by atoms with Crippen molar-refractivity contribution in [3.05, 3.63) is 42.1 Å². The van der Waals surface area contributed by atoms with Crippen LogP contribution < -0.4 is 15.1 Å². The molecule has 35 heavy (non-hydrogen) atoms. The number of morpholine rings is 1. The number of anilines is 4. The van der Waals surface area contributed by atoms with Gasteiger partial charge in [-0.2, -0.15) is 0 Å². The van der Waals surface area contributed by atoms with Crippen LogP contribution in [-0.4, -0.2) is 48.9 Å². The third kappa shape index (κ3) is 4.52. The average Bonchev–Trinajstić information content (AvgIpc) is 3.09. The Morgan fingerprint density at radius 3 is 2.80 bits per heavy atom. The number of fused-ring (bicyclic) bond motifs is 5. The Kier molecular flexibility index (Phi) is 6.37. The van der Waals surface area contributed by atoms with Crippen molar-refractivity contribution in [2.75, 3.05) is 34.9 Å². The number of pyridine rings is 1. The highest BCUT2D eigenvalue weighted by atomic mass is 16.5. The van der Waals surface area contributed by atoms with Gasteiger partial charge in [0.25, 0.3) is 0 Å². The van der Waals surface area contributed by atoms with Crippen LogP contribution in [0.3, 0.4) is 0 Å². The fourth-order valence-corrected chi connectivity index (χ4v) is 6.13. The maximum absolute atomic E-state index is 14.0. The lowest BCUT2D eigenvalue weighted by molar-refractivity contribution is -0.124. The molecule has 186 valence electrons. The summed E-state index contributed by atoms with van der Waals surface area (Å²) in [5.41, 5.74) is 4.12. The summed E-state index contributed by atoms with van der Waals surface area (Å²) in [6.07, 6.45) is 9.47. The van der Waals surface area contributed by atoms with Gasteiger partial charge in [0.15, 0.2) is 0 Å². The van der Waals surface area contributed by atoms with Crippen molar-refractivity contribution >= 4 is 28.8 Å². The fourth-order valence-electron chi connectivity index (χ4n) is 6.13. The van der Waals surface area contributed by atoms with E-state index in [0.717, 1.165) is 81.0 Å². The number of hydrogen-bond acceptors (Lipinski definition) is 6. The standard InChI is InChI=1S/C28H36N4O3/c1-2-14-34-23-9-5-19(6-10-23)28(33)32-16-20-4-3-13-29-27(20)30-25-12-8-21(15-26(25)32)31-17-24-11-7-22(31)18-35-24/h3-4,8,12-13,15,19,22-24H,2,5-7,9-11,14,16-18H2,1H3,(H,29,30)/t19?,22-,23?,24-/m1/s1. The van der Waals surface area contributed by atoms with E-state index in [1.165, 1.54) is 12.1 Å². The molecular formula is C28H36N4O3. The van der Waals surface area contributed by atoms with Crippen molar-refractivity contribution in [2.24, 2.45) is 5.92 Å². The number of ether oxygens (including phenoxy) is 2. The van der Waals surface area contributed by atoms with E-state index in [0.29, 0.717) is 24.8 Å². The van der Waals surface area contributed by atoms with Crippen LogP contribution in [-0.2, 0) is 20.8 Å². The summed E-state index contributed by atoms with van der Waals surface area (Å²) in [6.45, 7) is 5.20. The molecule has 1 N–H and O–H groups in total. The molecule has 4 fully saturated rings. The first-order valence-electron chi connectivity index (χ1n) is 13.4. The number of carbonyl (C=O) groups is 1. The van der Waals surface area contributed by atoms with Gasteiger partial charge in [-0.15, -0.1) is 0 Å². The molecule has 2 aromatic rings. The van der Waals surface area contributed by atoms with Gasteiger partial charge in [0.2, 0.25) is 5.91 Å². The van der Waals surface area contributed by atoms with E-state index < -0.39 is 0 Å². The van der Waals surface area contributed by atoms with Crippen molar-refractivity contribution in [2.45, 2.75) is 76.7 Å². The normalized spacial score (nSPS) is 27.6. The van der Waals surface area contributed by atoms with Gasteiger partial charge in [-0.3, -0.25) is 4.79 Å². The van der Waals surface area contributed by atoms with E-state index in [-0.39, 0.29) is 11.8 Å². The maximum atomic E-state index is 14.0. The molecule has 5 heterocycles. The monoisotopic (exact) mass is 476 g/mol. The summed E-state index contributed by atoms with van der Waals surface area (Å²) in [6, 6.07) is 10.9. The molecular weight excluding hydrogens is 440 g/mol. The number of nitrogens with one attached hydrogen (secondary N) is 1. The van der Waals surface area contributed by atoms with E-state index in [2.05, 4.69) is 46.4 Å². The number of benzene rings is 1. The Morgan fingerprint density at radius 2 is 2.06 bits per heavy atom. The van der Waals surface area contributed by atoms with Crippen LogP contribution in [0.1, 0.15) is 57.4 Å². The molecule has 7 nitrogen and oxygen atoms in total. The lowest BCUT2D eigenvalue weighted by Crippen LogP contribution is -2.54. The number of aromatic nitrogens is 1. The number of hydrogen-bond donors (Lipinski definition) is 1. The Bertz CT molecular complexity index is 1060. The third-order valence-corrected chi connectivity index (χ3v) is 8.11. The van der Waals surface area contributed by atoms with E-state index in [1.807, 2.05) is 11.0 Å². The molecule has 5 aliphatic rings. The highest BCUT2D eigenvalue weighted by Gasteiger charge is 2.37. The Labute approximate surface area is 207 Å². The number of carbonyl (C=O) groups excluding carboxylic acids is 1. The Morgan fingerprint density at radius 1 is 1.17 bits per heavy atom. The van der Waals surface area contributed by atoms with Crippen molar-refractivity contribution < 1.29 is 14.3 Å². The van der Waals surface area contributed by atoms with E-state index in [1.54, 1.807) is 6.20 Å². The summed E-state index contributed by atoms with van der Waals surface area (Å²) in [4.78, 5) is 23.1. The number of rotatable bonds is 5. The van der Waals surface area contributed by atoms with Crippen LogP contribution in [0.4, 0.5) is 22.9 Å². The number of nitrogens with zero attached hydrogens (tertiary/aromatic N) is 3. The second-order valence-corrected chi connectivity index (χ2v) is 10.4. The molecule has 0 unspecified atom stereocenters. The molecule has 2 atom stereocenters. The van der Waals surface area contributed by atoms with Gasteiger partial charge < -0.3 is 24.6 Å². The minimum atomic E-state index is 0.0330. The maximum Gasteiger partial charge on any atom is 0.230 e. The zero-order chi connectivity index (χ0) is 23.8. The van der Waals surface area contributed by atoms with Crippen molar-refractivity contribution in [3.63, 3.8) is 0 Å². The van der Waals surface area contributed by atoms with Crippen LogP contribution in [0.5, 0.6) is 0 Å². The van der Waals surface area contributed by atoms with Gasteiger partial charge in [0.1, 0.15) is 5.82 Å². The minimum Gasteiger partial charge on any atom is -0.378 e. The Balaban J connectivity index is 1.29. The zero-order valence-electron chi connectivity index (χ0n) is 20.6. The molecule has 1 aromatic heterocycles. The predicted molar refractivity (Wildman–Crippen MR) is 137 cm³/mol. The summed E-state index contributed by atoms with van der Waals surface area (Å²) < 4.78 is 11.9. The molecule has 1 aromatic carbocycles. The van der Waals surface area contributed by atoms with Crippen LogP contribution in [0, 0.1) is 5.92 Å². The second kappa shape index (κ2) is 9.78. The SMILES string of the molecule is CCCOC1CCC(C(=O)N2Cc3cccnc3Nc3ccc(N4C[C@H]5CC[C@@H]4CO5)cc32)CC1. The van der Waals surface area contributed by atoms with Gasteiger partial charge in [0.05, 0.1) is 42.8 Å². The van der Waals surface area contributed by atoms with Crippen LogP contribution >= 0.6 is 0 Å². The molecule has 1 amide bonds. The largest absolute Gasteiger partial charge is 0.378 e. The number of amides is 1. The molecule has 1 saturated carbocycles. The van der Waals surface area contributed by atoms with Crippen molar-refractivity contribution in [3.8, 4) is 0 Å². The summed E-state index contributed by atoms with van der Waals surface area (Å²) in [5, 5.41) is 3.52. The number of piperidine rings is 1. The highest BCUT2D eigenvalue weighted by Crippen LogP contribution is 2.41. The lowest BCUT2D eigenvalue weighted by atomic mass is 9.86. The van der Waals surface area contributed by atoms with E-state index >= 15 is 0 Å². The van der Waals surface area contributed by atoms with Crippen LogP contribution in [0.25, 0.3) is 0 Å². The van der Waals surface area contributed by atoms with Gasteiger partial charge in [0, 0.05) is 36.5 Å². The minimum absolute atomic E-state index is 0.0330.